The number of rotatable bonds is 4. The first-order valence-electron chi connectivity index (χ1n) is 6.59. The molecule has 0 heterocycles. The van der Waals surface area contributed by atoms with E-state index in [9.17, 15) is 13.2 Å². The van der Waals surface area contributed by atoms with Crippen LogP contribution in [0.5, 0.6) is 0 Å². The Morgan fingerprint density at radius 2 is 1.96 bits per heavy atom. The van der Waals surface area contributed by atoms with Gasteiger partial charge in [-0.15, -0.1) is 0 Å². The third-order valence-electron chi connectivity index (χ3n) is 3.14. The van der Waals surface area contributed by atoms with Crippen LogP contribution in [0.3, 0.4) is 0 Å². The van der Waals surface area contributed by atoms with Crippen molar-refractivity contribution in [2.75, 3.05) is 11.8 Å². The Balaban J connectivity index is 2.43. The lowest BCUT2D eigenvalue weighted by atomic mass is 10.1. The highest BCUT2D eigenvalue weighted by atomic mass is 32.2. The van der Waals surface area contributed by atoms with E-state index in [1.807, 2.05) is 6.07 Å². The summed E-state index contributed by atoms with van der Waals surface area (Å²) in [4.78, 5) is 11.5. The van der Waals surface area contributed by atoms with Gasteiger partial charge in [-0.1, -0.05) is 12.1 Å². The molecule has 2 rings (SSSR count). The van der Waals surface area contributed by atoms with Gasteiger partial charge in [0.2, 0.25) is 0 Å². The van der Waals surface area contributed by atoms with Crippen LogP contribution in [0, 0.1) is 18.3 Å². The van der Waals surface area contributed by atoms with E-state index >= 15 is 0 Å². The number of esters is 1. The molecule has 7 heteroatoms. The molecule has 0 bridgehead atoms. The normalized spacial score (nSPS) is 10.7. The van der Waals surface area contributed by atoms with Gasteiger partial charge in [-0.2, -0.15) is 5.26 Å². The van der Waals surface area contributed by atoms with Gasteiger partial charge in [-0.05, 0) is 42.8 Å². The summed E-state index contributed by atoms with van der Waals surface area (Å²) in [5.74, 6) is -0.618. The smallest absolute Gasteiger partial charge is 0.337 e. The van der Waals surface area contributed by atoms with Gasteiger partial charge in [0.1, 0.15) is 0 Å². The molecule has 0 amide bonds. The van der Waals surface area contributed by atoms with E-state index in [0.29, 0.717) is 11.1 Å². The molecule has 0 aromatic heterocycles. The molecule has 0 saturated carbocycles. The van der Waals surface area contributed by atoms with E-state index < -0.39 is 16.0 Å². The van der Waals surface area contributed by atoms with Crippen LogP contribution in [0.25, 0.3) is 0 Å². The maximum absolute atomic E-state index is 12.5. The fraction of sp³-hybridized carbons (Fsp3) is 0.125. The molecule has 2 aromatic carbocycles. The van der Waals surface area contributed by atoms with Crippen LogP contribution in [0.2, 0.25) is 0 Å². The SMILES string of the molecule is COC(=O)c1ccc(C)c(S(=O)(=O)Nc2cccc(C#N)c2)c1. The van der Waals surface area contributed by atoms with E-state index in [-0.39, 0.29) is 16.1 Å². The Bertz CT molecular complexity index is 899. The largest absolute Gasteiger partial charge is 0.465 e. The highest BCUT2D eigenvalue weighted by Gasteiger charge is 2.19. The average molecular weight is 330 g/mol. The highest BCUT2D eigenvalue weighted by Crippen LogP contribution is 2.21. The molecule has 0 spiro atoms. The first-order valence-corrected chi connectivity index (χ1v) is 8.07. The zero-order valence-electron chi connectivity index (χ0n) is 12.5. The summed E-state index contributed by atoms with van der Waals surface area (Å²) < 4.78 is 32.1. The quantitative estimate of drug-likeness (QED) is 0.869. The maximum atomic E-state index is 12.5. The Kier molecular flexibility index (Phi) is 4.67. The van der Waals surface area contributed by atoms with Crippen LogP contribution >= 0.6 is 0 Å². The molecule has 1 N–H and O–H groups in total. The third kappa shape index (κ3) is 3.67. The topological polar surface area (TPSA) is 96.3 Å². The summed E-state index contributed by atoms with van der Waals surface area (Å²) in [6.45, 7) is 1.63. The van der Waals surface area contributed by atoms with Crippen molar-refractivity contribution < 1.29 is 17.9 Å². The molecule has 0 radical (unpaired) electrons. The standard InChI is InChI=1S/C16H14N2O4S/c1-11-6-7-13(16(19)22-2)9-15(11)23(20,21)18-14-5-3-4-12(8-14)10-17/h3-9,18H,1-2H3. The van der Waals surface area contributed by atoms with Gasteiger partial charge >= 0.3 is 5.97 Å². The number of hydrogen-bond donors (Lipinski definition) is 1. The molecule has 6 nitrogen and oxygen atoms in total. The molecule has 0 fully saturated rings. The van der Waals surface area contributed by atoms with Crippen molar-refractivity contribution in [2.45, 2.75) is 11.8 Å². The third-order valence-corrected chi connectivity index (χ3v) is 4.67. The Morgan fingerprint density at radius 1 is 1.22 bits per heavy atom. The van der Waals surface area contributed by atoms with Crippen LogP contribution in [0.4, 0.5) is 5.69 Å². The molecule has 2 aromatic rings. The van der Waals surface area contributed by atoms with Crippen molar-refractivity contribution in [2.24, 2.45) is 0 Å². The number of nitrogens with zero attached hydrogens (tertiary/aromatic N) is 1. The van der Waals surface area contributed by atoms with Crippen LogP contribution in [0.15, 0.2) is 47.4 Å². The highest BCUT2D eigenvalue weighted by molar-refractivity contribution is 7.92. The lowest BCUT2D eigenvalue weighted by molar-refractivity contribution is 0.0600. The van der Waals surface area contributed by atoms with Crippen LogP contribution in [-0.2, 0) is 14.8 Å². The van der Waals surface area contributed by atoms with Gasteiger partial charge in [0.25, 0.3) is 10.0 Å². The Labute approximate surface area is 134 Å². The van der Waals surface area contributed by atoms with E-state index in [2.05, 4.69) is 9.46 Å². The van der Waals surface area contributed by atoms with Gasteiger partial charge in [-0.3, -0.25) is 4.72 Å². The summed E-state index contributed by atoms with van der Waals surface area (Å²) in [7, 11) is -2.68. The van der Waals surface area contributed by atoms with E-state index in [4.69, 9.17) is 5.26 Å². The minimum atomic E-state index is -3.90. The number of sulfonamides is 1. The van der Waals surface area contributed by atoms with E-state index in [1.54, 1.807) is 19.1 Å². The summed E-state index contributed by atoms with van der Waals surface area (Å²) in [5, 5.41) is 8.87. The Hall–Kier alpha value is -2.85. The van der Waals surface area contributed by atoms with Crippen molar-refractivity contribution in [3.8, 4) is 6.07 Å². The second kappa shape index (κ2) is 6.50. The summed E-state index contributed by atoms with van der Waals surface area (Å²) in [6.07, 6.45) is 0. The molecule has 0 atom stereocenters. The number of nitriles is 1. The minimum absolute atomic E-state index is 0.0252. The summed E-state index contributed by atoms with van der Waals surface area (Å²) >= 11 is 0. The second-order valence-corrected chi connectivity index (χ2v) is 6.42. The number of carbonyl (C=O) groups is 1. The van der Waals surface area contributed by atoms with Gasteiger partial charge in [0.05, 0.1) is 34.9 Å². The minimum Gasteiger partial charge on any atom is -0.465 e. The van der Waals surface area contributed by atoms with Gasteiger partial charge in [0.15, 0.2) is 0 Å². The summed E-state index contributed by atoms with van der Waals surface area (Å²) in [5.41, 5.74) is 1.24. The van der Waals surface area contributed by atoms with Crippen LogP contribution < -0.4 is 4.72 Å². The first-order chi connectivity index (χ1) is 10.9. The van der Waals surface area contributed by atoms with Gasteiger partial charge in [0, 0.05) is 0 Å². The number of ether oxygens (including phenoxy) is 1. The number of nitrogens with one attached hydrogen (secondary N) is 1. The molecule has 0 aliphatic carbocycles. The molecule has 0 aliphatic rings. The first kappa shape index (κ1) is 16.5. The van der Waals surface area contributed by atoms with Gasteiger partial charge < -0.3 is 4.74 Å². The molecule has 118 valence electrons. The second-order valence-electron chi connectivity index (χ2n) is 4.77. The molecule has 23 heavy (non-hydrogen) atoms. The predicted octanol–water partition coefficient (Wildman–Crippen LogP) is 2.45. The molecular weight excluding hydrogens is 316 g/mol. The number of methoxy groups -OCH3 is 1. The number of aryl methyl sites for hydroxylation is 1. The number of anilines is 1. The monoisotopic (exact) mass is 330 g/mol. The molecule has 0 aliphatic heterocycles. The van der Waals surface area contributed by atoms with Crippen molar-refractivity contribution >= 4 is 21.7 Å². The number of benzene rings is 2. The van der Waals surface area contributed by atoms with E-state index in [0.717, 1.165) is 0 Å². The number of hydrogen-bond acceptors (Lipinski definition) is 5. The maximum Gasteiger partial charge on any atom is 0.337 e. The molecular formula is C16H14N2O4S. The zero-order chi connectivity index (χ0) is 17.0. The molecule has 0 unspecified atom stereocenters. The lowest BCUT2D eigenvalue weighted by Gasteiger charge is -2.11. The van der Waals surface area contributed by atoms with Crippen molar-refractivity contribution in [1.82, 2.24) is 0 Å². The molecule has 0 saturated heterocycles. The van der Waals surface area contributed by atoms with E-state index in [1.165, 1.54) is 37.4 Å². The fourth-order valence-electron chi connectivity index (χ4n) is 2.00. The van der Waals surface area contributed by atoms with Gasteiger partial charge in [-0.25, -0.2) is 13.2 Å². The fourth-order valence-corrected chi connectivity index (χ4v) is 3.32. The zero-order valence-corrected chi connectivity index (χ0v) is 13.3. The number of carbonyl (C=O) groups excluding carboxylic acids is 1. The lowest BCUT2D eigenvalue weighted by Crippen LogP contribution is -2.15. The average Bonchev–Trinajstić information content (AvgIpc) is 2.54. The summed E-state index contributed by atoms with van der Waals surface area (Å²) in [6, 6.07) is 12.3. The van der Waals surface area contributed by atoms with Crippen LogP contribution in [0.1, 0.15) is 21.5 Å². The Morgan fingerprint density at radius 3 is 2.61 bits per heavy atom. The van der Waals surface area contributed by atoms with Crippen molar-refractivity contribution in [1.29, 1.82) is 5.26 Å². The van der Waals surface area contributed by atoms with Crippen LogP contribution in [-0.4, -0.2) is 21.5 Å². The van der Waals surface area contributed by atoms with Crippen molar-refractivity contribution in [3.63, 3.8) is 0 Å². The van der Waals surface area contributed by atoms with Crippen molar-refractivity contribution in [3.05, 3.63) is 59.2 Å². The predicted molar refractivity (Wildman–Crippen MR) is 84.5 cm³/mol.